The quantitative estimate of drug-likeness (QED) is 0.631. The van der Waals surface area contributed by atoms with Crippen molar-refractivity contribution in [2.24, 2.45) is 11.3 Å². The first-order chi connectivity index (χ1) is 8.18. The van der Waals surface area contributed by atoms with Crippen LogP contribution in [-0.4, -0.2) is 39.5 Å². The van der Waals surface area contributed by atoms with E-state index in [0.29, 0.717) is 11.3 Å². The Balaban J connectivity index is 2.24. The molecule has 1 aliphatic heterocycles. The highest BCUT2D eigenvalue weighted by atomic mass is 16.5. The van der Waals surface area contributed by atoms with Crippen LogP contribution in [0.2, 0.25) is 0 Å². The molecule has 0 aromatic rings. The summed E-state index contributed by atoms with van der Waals surface area (Å²) < 4.78 is 11.2. The van der Waals surface area contributed by atoms with Gasteiger partial charge in [0.25, 0.3) is 0 Å². The summed E-state index contributed by atoms with van der Waals surface area (Å²) in [5.41, 5.74) is 0.322. The molecule has 1 saturated heterocycles. The van der Waals surface area contributed by atoms with Gasteiger partial charge in [-0.25, -0.2) is 0 Å². The van der Waals surface area contributed by atoms with Crippen molar-refractivity contribution in [2.45, 2.75) is 40.0 Å². The fraction of sp³-hybridized carbons (Fsp3) is 1.00. The van der Waals surface area contributed by atoms with Gasteiger partial charge in [0, 0.05) is 31.8 Å². The van der Waals surface area contributed by atoms with Crippen molar-refractivity contribution in [3.63, 3.8) is 0 Å². The van der Waals surface area contributed by atoms with Crippen molar-refractivity contribution >= 4 is 0 Å². The van der Waals surface area contributed by atoms with Crippen molar-refractivity contribution in [3.8, 4) is 0 Å². The first-order valence-corrected chi connectivity index (χ1v) is 7.05. The molecule has 0 radical (unpaired) electrons. The molecule has 1 aliphatic rings. The molecule has 0 aromatic heterocycles. The van der Waals surface area contributed by atoms with Crippen LogP contribution in [-0.2, 0) is 9.47 Å². The maximum absolute atomic E-state index is 5.61. The molecule has 3 heteroatoms. The Morgan fingerprint density at radius 1 is 1.35 bits per heavy atom. The van der Waals surface area contributed by atoms with Gasteiger partial charge in [0.15, 0.2) is 0 Å². The molecule has 1 unspecified atom stereocenters. The molecule has 0 amide bonds. The van der Waals surface area contributed by atoms with E-state index in [9.17, 15) is 0 Å². The molecule has 1 fully saturated rings. The molecule has 0 spiro atoms. The van der Waals surface area contributed by atoms with E-state index in [2.05, 4.69) is 26.1 Å². The molecule has 3 nitrogen and oxygen atoms in total. The molecular weight excluding hydrogens is 214 g/mol. The number of rotatable bonds is 9. The predicted octanol–water partition coefficient (Wildman–Crippen LogP) is 2.46. The summed E-state index contributed by atoms with van der Waals surface area (Å²) in [5, 5.41) is 3.57. The molecule has 1 N–H and O–H groups in total. The average molecular weight is 243 g/mol. The van der Waals surface area contributed by atoms with E-state index in [1.54, 1.807) is 0 Å². The zero-order valence-corrected chi connectivity index (χ0v) is 11.8. The summed E-state index contributed by atoms with van der Waals surface area (Å²) in [7, 11) is 0. The van der Waals surface area contributed by atoms with Gasteiger partial charge in [-0.3, -0.25) is 0 Å². The predicted molar refractivity (Wildman–Crippen MR) is 71.3 cm³/mol. The van der Waals surface area contributed by atoms with Crippen LogP contribution >= 0.6 is 0 Å². The lowest BCUT2D eigenvalue weighted by atomic mass is 9.84. The maximum atomic E-state index is 5.61. The van der Waals surface area contributed by atoms with E-state index in [0.717, 1.165) is 52.4 Å². The van der Waals surface area contributed by atoms with Crippen molar-refractivity contribution in [1.82, 2.24) is 5.32 Å². The van der Waals surface area contributed by atoms with Gasteiger partial charge in [-0.15, -0.1) is 0 Å². The van der Waals surface area contributed by atoms with E-state index < -0.39 is 0 Å². The Labute approximate surface area is 106 Å². The summed E-state index contributed by atoms with van der Waals surface area (Å²) >= 11 is 0. The third-order valence-corrected chi connectivity index (χ3v) is 3.36. The SMILES string of the molecule is CCCOCCC1(CNCC(C)C)CCOC1. The fourth-order valence-corrected chi connectivity index (χ4v) is 2.24. The highest BCUT2D eigenvalue weighted by molar-refractivity contribution is 4.85. The van der Waals surface area contributed by atoms with Crippen LogP contribution in [0.1, 0.15) is 40.0 Å². The highest BCUT2D eigenvalue weighted by Crippen LogP contribution is 2.31. The summed E-state index contributed by atoms with van der Waals surface area (Å²) in [6.45, 7) is 12.4. The number of hydrogen-bond donors (Lipinski definition) is 1. The summed E-state index contributed by atoms with van der Waals surface area (Å²) in [5.74, 6) is 0.714. The third-order valence-electron chi connectivity index (χ3n) is 3.36. The molecule has 0 aliphatic carbocycles. The van der Waals surface area contributed by atoms with Crippen LogP contribution in [0.4, 0.5) is 0 Å². The van der Waals surface area contributed by atoms with E-state index in [4.69, 9.17) is 9.47 Å². The number of ether oxygens (including phenoxy) is 2. The van der Waals surface area contributed by atoms with Gasteiger partial charge in [-0.05, 0) is 31.7 Å². The van der Waals surface area contributed by atoms with E-state index in [1.165, 1.54) is 6.42 Å². The Kier molecular flexibility index (Phi) is 7.09. The Morgan fingerprint density at radius 2 is 2.18 bits per heavy atom. The lowest BCUT2D eigenvalue weighted by Gasteiger charge is -2.28. The summed E-state index contributed by atoms with van der Waals surface area (Å²) in [6.07, 6.45) is 3.40. The molecule has 102 valence electrons. The second-order valence-electron chi connectivity index (χ2n) is 5.69. The van der Waals surface area contributed by atoms with Gasteiger partial charge in [0.05, 0.1) is 6.61 Å². The zero-order chi connectivity index (χ0) is 12.6. The number of nitrogens with one attached hydrogen (secondary N) is 1. The third kappa shape index (κ3) is 5.84. The van der Waals surface area contributed by atoms with Crippen molar-refractivity contribution in [1.29, 1.82) is 0 Å². The van der Waals surface area contributed by atoms with Crippen LogP contribution in [0.15, 0.2) is 0 Å². The molecule has 0 saturated carbocycles. The molecule has 0 aromatic carbocycles. The Hall–Kier alpha value is -0.120. The maximum Gasteiger partial charge on any atom is 0.0536 e. The normalized spacial score (nSPS) is 24.7. The largest absolute Gasteiger partial charge is 0.381 e. The van der Waals surface area contributed by atoms with Crippen molar-refractivity contribution in [2.75, 3.05) is 39.5 Å². The Morgan fingerprint density at radius 3 is 2.76 bits per heavy atom. The van der Waals surface area contributed by atoms with Crippen molar-refractivity contribution < 1.29 is 9.47 Å². The minimum atomic E-state index is 0.322. The van der Waals surface area contributed by atoms with Crippen LogP contribution in [0.3, 0.4) is 0 Å². The second-order valence-corrected chi connectivity index (χ2v) is 5.69. The van der Waals surface area contributed by atoms with E-state index >= 15 is 0 Å². The van der Waals surface area contributed by atoms with Gasteiger partial charge in [-0.1, -0.05) is 20.8 Å². The van der Waals surface area contributed by atoms with Gasteiger partial charge < -0.3 is 14.8 Å². The average Bonchev–Trinajstić information content (AvgIpc) is 2.73. The Bertz CT molecular complexity index is 189. The zero-order valence-electron chi connectivity index (χ0n) is 11.8. The summed E-state index contributed by atoms with van der Waals surface area (Å²) in [6, 6.07) is 0. The molecular formula is C14H29NO2. The molecule has 1 rings (SSSR count). The minimum absolute atomic E-state index is 0.322. The van der Waals surface area contributed by atoms with Crippen LogP contribution in [0.25, 0.3) is 0 Å². The van der Waals surface area contributed by atoms with Crippen molar-refractivity contribution in [3.05, 3.63) is 0 Å². The van der Waals surface area contributed by atoms with Gasteiger partial charge in [0.2, 0.25) is 0 Å². The molecule has 17 heavy (non-hydrogen) atoms. The standard InChI is InChI=1S/C14H29NO2/c1-4-7-16-8-5-14(6-9-17-12-14)11-15-10-13(2)3/h13,15H,4-12H2,1-3H3. The molecule has 0 bridgehead atoms. The molecule has 1 heterocycles. The van der Waals surface area contributed by atoms with Crippen LogP contribution < -0.4 is 5.32 Å². The lowest BCUT2D eigenvalue weighted by Crippen LogP contribution is -2.37. The summed E-state index contributed by atoms with van der Waals surface area (Å²) in [4.78, 5) is 0. The first-order valence-electron chi connectivity index (χ1n) is 7.05. The monoisotopic (exact) mass is 243 g/mol. The van der Waals surface area contributed by atoms with E-state index in [-0.39, 0.29) is 0 Å². The topological polar surface area (TPSA) is 30.5 Å². The fourth-order valence-electron chi connectivity index (χ4n) is 2.24. The minimum Gasteiger partial charge on any atom is -0.381 e. The molecule has 1 atom stereocenters. The van der Waals surface area contributed by atoms with E-state index in [1.807, 2.05) is 0 Å². The smallest absolute Gasteiger partial charge is 0.0536 e. The number of hydrogen-bond acceptors (Lipinski definition) is 3. The second kappa shape index (κ2) is 8.06. The van der Waals surface area contributed by atoms with Gasteiger partial charge in [0.1, 0.15) is 0 Å². The first kappa shape index (κ1) is 14.9. The van der Waals surface area contributed by atoms with Crippen LogP contribution in [0, 0.1) is 11.3 Å². The van der Waals surface area contributed by atoms with Crippen LogP contribution in [0.5, 0.6) is 0 Å². The highest BCUT2D eigenvalue weighted by Gasteiger charge is 2.34. The van der Waals surface area contributed by atoms with Gasteiger partial charge in [-0.2, -0.15) is 0 Å². The lowest BCUT2D eigenvalue weighted by molar-refractivity contribution is 0.0804. The van der Waals surface area contributed by atoms with Gasteiger partial charge >= 0.3 is 0 Å².